The van der Waals surface area contributed by atoms with E-state index in [1.165, 1.54) is 6.07 Å². The van der Waals surface area contributed by atoms with E-state index in [0.29, 0.717) is 27.9 Å². The lowest BCUT2D eigenvalue weighted by Gasteiger charge is -2.10. The summed E-state index contributed by atoms with van der Waals surface area (Å²) in [5.74, 6) is 1.37. The number of aromatic hydroxyl groups is 1. The number of aryl methyl sites for hydroxylation is 2. The first-order valence-corrected chi connectivity index (χ1v) is 6.93. The molecule has 22 heavy (non-hydrogen) atoms. The van der Waals surface area contributed by atoms with Crippen molar-refractivity contribution < 1.29 is 14.3 Å². The summed E-state index contributed by atoms with van der Waals surface area (Å²) < 4.78 is 10.9. The Kier molecular flexibility index (Phi) is 3.37. The number of methoxy groups -OCH3 is 1. The highest BCUT2D eigenvalue weighted by Gasteiger charge is 2.16. The number of fused-ring (bicyclic) bond motifs is 1. The number of ether oxygens (including phenoxy) is 1. The molecule has 0 radical (unpaired) electrons. The molecule has 0 bridgehead atoms. The van der Waals surface area contributed by atoms with Gasteiger partial charge < -0.3 is 14.3 Å². The normalized spacial score (nSPS) is 10.9. The van der Waals surface area contributed by atoms with Gasteiger partial charge in [-0.1, -0.05) is 12.1 Å². The fourth-order valence-electron chi connectivity index (χ4n) is 2.58. The Hall–Kier alpha value is -2.75. The number of hydrogen-bond donors (Lipinski definition) is 1. The molecule has 0 spiro atoms. The Labute approximate surface area is 127 Å². The van der Waals surface area contributed by atoms with Crippen molar-refractivity contribution in [3.05, 3.63) is 57.9 Å². The lowest BCUT2D eigenvalue weighted by molar-refractivity contribution is 0.415. The van der Waals surface area contributed by atoms with E-state index in [2.05, 4.69) is 0 Å². The summed E-state index contributed by atoms with van der Waals surface area (Å²) in [6, 6.07) is 10.4. The smallest absolute Gasteiger partial charge is 0.200 e. The topological polar surface area (TPSA) is 59.7 Å². The molecule has 4 heteroatoms. The second kappa shape index (κ2) is 5.22. The van der Waals surface area contributed by atoms with Crippen LogP contribution in [0.5, 0.6) is 11.5 Å². The van der Waals surface area contributed by atoms with E-state index < -0.39 is 0 Å². The van der Waals surface area contributed by atoms with E-state index >= 15 is 0 Å². The zero-order chi connectivity index (χ0) is 15.9. The molecule has 4 nitrogen and oxygen atoms in total. The number of hydrogen-bond acceptors (Lipinski definition) is 4. The van der Waals surface area contributed by atoms with Crippen LogP contribution in [0.2, 0.25) is 0 Å². The standard InChI is InChI=1S/C18H16O4/c1-10-15(19)9-8-14-17(20)16(11(2)22-18(10)14)12-4-6-13(21-3)7-5-12/h4-9,19H,1-3H3. The minimum atomic E-state index is -0.105. The number of phenols is 1. The molecule has 3 aromatic rings. The summed E-state index contributed by atoms with van der Waals surface area (Å²) in [4.78, 5) is 12.8. The van der Waals surface area contributed by atoms with Crippen molar-refractivity contribution in [3.8, 4) is 22.6 Å². The fraction of sp³-hybridized carbons (Fsp3) is 0.167. The highest BCUT2D eigenvalue weighted by atomic mass is 16.5. The lowest BCUT2D eigenvalue weighted by atomic mass is 10.0. The van der Waals surface area contributed by atoms with Gasteiger partial charge in [0.05, 0.1) is 18.1 Å². The molecule has 2 aromatic carbocycles. The zero-order valence-electron chi connectivity index (χ0n) is 12.6. The maximum Gasteiger partial charge on any atom is 0.200 e. The van der Waals surface area contributed by atoms with Crippen molar-refractivity contribution in [3.63, 3.8) is 0 Å². The van der Waals surface area contributed by atoms with E-state index in [1.807, 2.05) is 12.1 Å². The van der Waals surface area contributed by atoms with E-state index in [-0.39, 0.29) is 11.2 Å². The first kappa shape index (κ1) is 14.2. The molecule has 1 aromatic heterocycles. The van der Waals surface area contributed by atoms with Gasteiger partial charge in [0.2, 0.25) is 5.43 Å². The Morgan fingerprint density at radius 2 is 1.73 bits per heavy atom. The van der Waals surface area contributed by atoms with Gasteiger partial charge >= 0.3 is 0 Å². The van der Waals surface area contributed by atoms with Gasteiger partial charge in [-0.3, -0.25) is 4.79 Å². The minimum absolute atomic E-state index is 0.105. The van der Waals surface area contributed by atoms with Crippen LogP contribution >= 0.6 is 0 Å². The van der Waals surface area contributed by atoms with Crippen LogP contribution < -0.4 is 10.2 Å². The molecule has 0 fully saturated rings. The van der Waals surface area contributed by atoms with Crippen LogP contribution in [0, 0.1) is 13.8 Å². The average molecular weight is 296 g/mol. The summed E-state index contributed by atoms with van der Waals surface area (Å²) in [6.45, 7) is 3.48. The van der Waals surface area contributed by atoms with E-state index in [1.54, 1.807) is 39.2 Å². The number of phenolic OH excluding ortho intramolecular Hbond substituents is 1. The van der Waals surface area contributed by atoms with Gasteiger partial charge in [0.15, 0.2) is 0 Å². The van der Waals surface area contributed by atoms with Crippen LogP contribution in [0.15, 0.2) is 45.6 Å². The molecule has 0 aliphatic rings. The van der Waals surface area contributed by atoms with Crippen LogP contribution in [0.4, 0.5) is 0 Å². The van der Waals surface area contributed by atoms with Crippen molar-refractivity contribution in [1.82, 2.24) is 0 Å². The molecular formula is C18H16O4. The van der Waals surface area contributed by atoms with Crippen molar-refractivity contribution in [2.75, 3.05) is 7.11 Å². The van der Waals surface area contributed by atoms with Gasteiger partial charge in [0.25, 0.3) is 0 Å². The molecule has 0 aliphatic carbocycles. The van der Waals surface area contributed by atoms with Crippen molar-refractivity contribution in [2.24, 2.45) is 0 Å². The Morgan fingerprint density at radius 1 is 1.05 bits per heavy atom. The maximum absolute atomic E-state index is 12.8. The predicted molar refractivity (Wildman–Crippen MR) is 85.6 cm³/mol. The third-order valence-electron chi connectivity index (χ3n) is 3.83. The van der Waals surface area contributed by atoms with E-state index in [9.17, 15) is 9.90 Å². The molecule has 1 heterocycles. The highest BCUT2D eigenvalue weighted by Crippen LogP contribution is 2.30. The zero-order valence-corrected chi connectivity index (χ0v) is 12.6. The largest absolute Gasteiger partial charge is 0.508 e. The summed E-state index contributed by atoms with van der Waals surface area (Å²) in [6.07, 6.45) is 0. The van der Waals surface area contributed by atoms with Crippen LogP contribution in [0.25, 0.3) is 22.1 Å². The first-order valence-electron chi connectivity index (χ1n) is 6.93. The molecule has 0 unspecified atom stereocenters. The second-order valence-corrected chi connectivity index (χ2v) is 5.18. The van der Waals surface area contributed by atoms with Crippen molar-refractivity contribution in [2.45, 2.75) is 13.8 Å². The van der Waals surface area contributed by atoms with Gasteiger partial charge in [0.1, 0.15) is 22.8 Å². The predicted octanol–water partition coefficient (Wildman–Crippen LogP) is 3.79. The van der Waals surface area contributed by atoms with Crippen LogP contribution in [0.1, 0.15) is 11.3 Å². The van der Waals surface area contributed by atoms with Gasteiger partial charge in [-0.05, 0) is 43.7 Å². The summed E-state index contributed by atoms with van der Waals surface area (Å²) in [7, 11) is 1.60. The Balaban J connectivity index is 2.30. The van der Waals surface area contributed by atoms with Crippen molar-refractivity contribution in [1.29, 1.82) is 0 Å². The van der Waals surface area contributed by atoms with Crippen LogP contribution in [-0.4, -0.2) is 12.2 Å². The Bertz CT molecular complexity index is 905. The fourth-order valence-corrected chi connectivity index (χ4v) is 2.58. The quantitative estimate of drug-likeness (QED) is 0.781. The minimum Gasteiger partial charge on any atom is -0.508 e. The molecule has 0 saturated heterocycles. The van der Waals surface area contributed by atoms with E-state index in [4.69, 9.17) is 9.15 Å². The van der Waals surface area contributed by atoms with Crippen LogP contribution in [0.3, 0.4) is 0 Å². The first-order chi connectivity index (χ1) is 10.5. The summed E-state index contributed by atoms with van der Waals surface area (Å²) in [5, 5.41) is 10.2. The maximum atomic E-state index is 12.8. The third kappa shape index (κ3) is 2.13. The second-order valence-electron chi connectivity index (χ2n) is 5.18. The van der Waals surface area contributed by atoms with E-state index in [0.717, 1.165) is 11.3 Å². The number of rotatable bonds is 2. The van der Waals surface area contributed by atoms with Crippen molar-refractivity contribution >= 4 is 11.0 Å². The lowest BCUT2D eigenvalue weighted by Crippen LogP contribution is -2.08. The summed E-state index contributed by atoms with van der Waals surface area (Å²) in [5.41, 5.74) is 2.20. The van der Waals surface area contributed by atoms with Crippen LogP contribution in [-0.2, 0) is 0 Å². The third-order valence-corrected chi connectivity index (χ3v) is 3.83. The monoisotopic (exact) mass is 296 g/mol. The number of benzene rings is 2. The molecule has 1 N–H and O–H groups in total. The van der Waals surface area contributed by atoms with Gasteiger partial charge in [-0.15, -0.1) is 0 Å². The Morgan fingerprint density at radius 3 is 2.36 bits per heavy atom. The van der Waals surface area contributed by atoms with Gasteiger partial charge in [0, 0.05) is 5.56 Å². The summed E-state index contributed by atoms with van der Waals surface area (Å²) >= 11 is 0. The molecule has 0 atom stereocenters. The average Bonchev–Trinajstić information content (AvgIpc) is 2.52. The molecule has 3 rings (SSSR count). The van der Waals surface area contributed by atoms with Gasteiger partial charge in [-0.25, -0.2) is 0 Å². The molecular weight excluding hydrogens is 280 g/mol. The molecule has 0 amide bonds. The molecule has 112 valence electrons. The SMILES string of the molecule is COc1ccc(-c2c(C)oc3c(C)c(O)ccc3c2=O)cc1. The molecule has 0 aliphatic heterocycles. The molecule has 0 saturated carbocycles. The highest BCUT2D eigenvalue weighted by molar-refractivity contribution is 5.86. The van der Waals surface area contributed by atoms with Gasteiger partial charge in [-0.2, -0.15) is 0 Å².